The van der Waals surface area contributed by atoms with Gasteiger partial charge in [0.15, 0.2) is 11.5 Å². The maximum absolute atomic E-state index is 5.24. The number of anilines is 1. The van der Waals surface area contributed by atoms with Crippen LogP contribution in [0.1, 0.15) is 11.4 Å². The summed E-state index contributed by atoms with van der Waals surface area (Å²) in [5, 5.41) is 5.36. The standard InChI is InChI=1S/C21H26N6O/c1-25-20-18(15-22-25)21(24-19(23-20)16-28-2)27-13-11-26(12-14-27)10-6-9-17-7-4-3-5-8-17/h3-9,15H,10-14,16H2,1-2H3/b9-6+. The third-order valence-corrected chi connectivity index (χ3v) is 5.04. The van der Waals surface area contributed by atoms with Gasteiger partial charge >= 0.3 is 0 Å². The van der Waals surface area contributed by atoms with Gasteiger partial charge in [0.05, 0.1) is 11.6 Å². The number of aromatic nitrogens is 4. The number of hydrogen-bond donors (Lipinski definition) is 0. The van der Waals surface area contributed by atoms with Crippen LogP contribution in [0.5, 0.6) is 0 Å². The van der Waals surface area contributed by atoms with Crippen molar-refractivity contribution in [2.75, 3.05) is 44.7 Å². The van der Waals surface area contributed by atoms with Gasteiger partial charge < -0.3 is 9.64 Å². The second-order valence-electron chi connectivity index (χ2n) is 7.00. The Hall–Kier alpha value is -2.77. The lowest BCUT2D eigenvalue weighted by atomic mass is 10.2. The van der Waals surface area contributed by atoms with Gasteiger partial charge in [0.25, 0.3) is 0 Å². The highest BCUT2D eigenvalue weighted by atomic mass is 16.5. The molecular weight excluding hydrogens is 352 g/mol. The molecule has 3 heterocycles. The molecule has 1 fully saturated rings. The fraction of sp³-hybridized carbons (Fsp3) is 0.381. The Morgan fingerprint density at radius 3 is 2.61 bits per heavy atom. The van der Waals surface area contributed by atoms with Crippen molar-refractivity contribution in [3.63, 3.8) is 0 Å². The molecule has 28 heavy (non-hydrogen) atoms. The van der Waals surface area contributed by atoms with E-state index in [1.165, 1.54) is 5.56 Å². The first-order valence-corrected chi connectivity index (χ1v) is 9.61. The Kier molecular flexibility index (Phi) is 5.64. The van der Waals surface area contributed by atoms with Gasteiger partial charge in [0.1, 0.15) is 12.4 Å². The first kappa shape index (κ1) is 18.6. The van der Waals surface area contributed by atoms with E-state index in [1.54, 1.807) is 11.8 Å². The summed E-state index contributed by atoms with van der Waals surface area (Å²) in [6, 6.07) is 10.4. The number of ether oxygens (including phenoxy) is 1. The number of benzene rings is 1. The molecule has 7 heteroatoms. The van der Waals surface area contributed by atoms with Gasteiger partial charge in [-0.1, -0.05) is 42.5 Å². The van der Waals surface area contributed by atoms with Crippen molar-refractivity contribution in [2.45, 2.75) is 6.61 Å². The van der Waals surface area contributed by atoms with Gasteiger partial charge in [-0.05, 0) is 5.56 Å². The van der Waals surface area contributed by atoms with E-state index in [2.05, 4.69) is 56.3 Å². The third-order valence-electron chi connectivity index (χ3n) is 5.04. The van der Waals surface area contributed by atoms with E-state index in [1.807, 2.05) is 19.3 Å². The molecule has 3 aromatic rings. The number of aryl methyl sites for hydroxylation is 1. The smallest absolute Gasteiger partial charge is 0.163 e. The lowest BCUT2D eigenvalue weighted by Crippen LogP contribution is -2.46. The Balaban J connectivity index is 1.43. The molecule has 0 aliphatic carbocycles. The lowest BCUT2D eigenvalue weighted by Gasteiger charge is -2.35. The van der Waals surface area contributed by atoms with Crippen molar-refractivity contribution in [3.8, 4) is 0 Å². The first-order chi connectivity index (χ1) is 13.7. The minimum atomic E-state index is 0.401. The second-order valence-corrected chi connectivity index (χ2v) is 7.00. The quantitative estimate of drug-likeness (QED) is 0.656. The van der Waals surface area contributed by atoms with Crippen LogP contribution in [-0.4, -0.2) is 64.5 Å². The molecular formula is C21H26N6O. The predicted octanol–water partition coefficient (Wildman–Crippen LogP) is 2.35. The average molecular weight is 378 g/mol. The highest BCUT2D eigenvalue weighted by Gasteiger charge is 2.21. The van der Waals surface area contributed by atoms with Crippen molar-refractivity contribution < 1.29 is 4.74 Å². The fourth-order valence-corrected chi connectivity index (χ4v) is 3.53. The van der Waals surface area contributed by atoms with Crippen LogP contribution in [0.2, 0.25) is 0 Å². The zero-order valence-electron chi connectivity index (χ0n) is 16.5. The normalized spacial score (nSPS) is 15.7. The Labute approximate surface area is 165 Å². The van der Waals surface area contributed by atoms with Gasteiger partial charge in [0.2, 0.25) is 0 Å². The molecule has 4 rings (SSSR count). The molecule has 146 valence electrons. The topological polar surface area (TPSA) is 59.3 Å². The van der Waals surface area contributed by atoms with Crippen LogP contribution in [0.4, 0.5) is 5.82 Å². The molecule has 0 atom stereocenters. The number of rotatable bonds is 6. The van der Waals surface area contributed by atoms with Crippen LogP contribution in [0.3, 0.4) is 0 Å². The van der Waals surface area contributed by atoms with Crippen LogP contribution in [0.25, 0.3) is 17.1 Å². The molecule has 0 bridgehead atoms. The predicted molar refractivity (Wildman–Crippen MR) is 111 cm³/mol. The number of hydrogen-bond acceptors (Lipinski definition) is 6. The van der Waals surface area contributed by atoms with E-state index in [-0.39, 0.29) is 0 Å². The summed E-state index contributed by atoms with van der Waals surface area (Å²) in [6.45, 7) is 5.25. The lowest BCUT2D eigenvalue weighted by molar-refractivity contribution is 0.178. The molecule has 7 nitrogen and oxygen atoms in total. The summed E-state index contributed by atoms with van der Waals surface area (Å²) >= 11 is 0. The van der Waals surface area contributed by atoms with E-state index < -0.39 is 0 Å². The molecule has 0 spiro atoms. The van der Waals surface area contributed by atoms with Crippen LogP contribution in [0.15, 0.2) is 42.6 Å². The van der Waals surface area contributed by atoms with E-state index in [0.29, 0.717) is 12.4 Å². The molecule has 1 aromatic carbocycles. The number of nitrogens with zero attached hydrogens (tertiary/aromatic N) is 6. The van der Waals surface area contributed by atoms with E-state index >= 15 is 0 Å². The van der Waals surface area contributed by atoms with Crippen molar-refractivity contribution >= 4 is 22.9 Å². The molecule has 1 saturated heterocycles. The molecule has 0 amide bonds. The number of piperazine rings is 1. The van der Waals surface area contributed by atoms with E-state index in [9.17, 15) is 0 Å². The fourth-order valence-electron chi connectivity index (χ4n) is 3.53. The molecule has 0 radical (unpaired) electrons. The maximum atomic E-state index is 5.24. The number of methoxy groups -OCH3 is 1. The largest absolute Gasteiger partial charge is 0.377 e. The average Bonchev–Trinajstić information content (AvgIpc) is 3.10. The zero-order valence-corrected chi connectivity index (χ0v) is 16.5. The van der Waals surface area contributed by atoms with Crippen LogP contribution < -0.4 is 4.90 Å². The first-order valence-electron chi connectivity index (χ1n) is 9.61. The highest BCUT2D eigenvalue weighted by molar-refractivity contribution is 5.87. The summed E-state index contributed by atoms with van der Waals surface area (Å²) in [4.78, 5) is 14.1. The summed E-state index contributed by atoms with van der Waals surface area (Å²) in [7, 11) is 3.57. The van der Waals surface area contributed by atoms with Gasteiger partial charge in [-0.25, -0.2) is 9.97 Å². The summed E-state index contributed by atoms with van der Waals surface area (Å²) in [5.74, 6) is 1.66. The van der Waals surface area contributed by atoms with Crippen LogP contribution in [-0.2, 0) is 18.4 Å². The van der Waals surface area contributed by atoms with Crippen molar-refractivity contribution in [1.29, 1.82) is 0 Å². The molecule has 0 N–H and O–H groups in total. The van der Waals surface area contributed by atoms with Crippen molar-refractivity contribution in [2.24, 2.45) is 7.05 Å². The molecule has 2 aromatic heterocycles. The van der Waals surface area contributed by atoms with Crippen molar-refractivity contribution in [3.05, 3.63) is 54.0 Å². The van der Waals surface area contributed by atoms with E-state index in [4.69, 9.17) is 9.72 Å². The van der Waals surface area contributed by atoms with E-state index in [0.717, 1.165) is 49.6 Å². The van der Waals surface area contributed by atoms with Crippen LogP contribution in [0, 0.1) is 0 Å². The highest BCUT2D eigenvalue weighted by Crippen LogP contribution is 2.24. The van der Waals surface area contributed by atoms with Crippen molar-refractivity contribution in [1.82, 2.24) is 24.6 Å². The molecule has 0 saturated carbocycles. The van der Waals surface area contributed by atoms with Gasteiger partial charge in [-0.3, -0.25) is 9.58 Å². The van der Waals surface area contributed by atoms with Crippen LogP contribution >= 0.6 is 0 Å². The monoisotopic (exact) mass is 378 g/mol. The van der Waals surface area contributed by atoms with Gasteiger partial charge in [0, 0.05) is 46.9 Å². The minimum Gasteiger partial charge on any atom is -0.377 e. The third kappa shape index (κ3) is 4.05. The summed E-state index contributed by atoms with van der Waals surface area (Å²) < 4.78 is 7.04. The molecule has 1 aliphatic rings. The molecule has 0 unspecified atom stereocenters. The second kappa shape index (κ2) is 8.50. The van der Waals surface area contributed by atoms with Gasteiger partial charge in [-0.2, -0.15) is 5.10 Å². The summed E-state index contributed by atoms with van der Waals surface area (Å²) in [6.07, 6.45) is 6.29. The summed E-state index contributed by atoms with van der Waals surface area (Å²) in [5.41, 5.74) is 2.09. The van der Waals surface area contributed by atoms with Gasteiger partial charge in [-0.15, -0.1) is 0 Å². The molecule has 1 aliphatic heterocycles. The Morgan fingerprint density at radius 2 is 1.86 bits per heavy atom. The number of fused-ring (bicyclic) bond motifs is 1. The zero-order chi connectivity index (χ0) is 19.3. The maximum Gasteiger partial charge on any atom is 0.163 e. The minimum absolute atomic E-state index is 0.401. The Bertz CT molecular complexity index is 944. The Morgan fingerprint density at radius 1 is 1.07 bits per heavy atom. The SMILES string of the molecule is COCc1nc(N2CCN(C/C=C/c3ccccc3)CC2)c2cnn(C)c2n1.